The lowest BCUT2D eigenvalue weighted by atomic mass is 10.3. The highest BCUT2D eigenvalue weighted by atomic mass is 32.1. The van der Waals surface area contributed by atoms with E-state index in [-0.39, 0.29) is 5.69 Å². The van der Waals surface area contributed by atoms with Crippen molar-refractivity contribution in [3.05, 3.63) is 16.6 Å². The Kier molecular flexibility index (Phi) is 2.06. The van der Waals surface area contributed by atoms with Gasteiger partial charge in [-0.3, -0.25) is 4.79 Å². The fraction of sp³-hybridized carbons (Fsp3) is 0.200. The number of alkyl halides is 2. The molecule has 0 bridgehead atoms. The second kappa shape index (κ2) is 2.83. The normalized spacial score (nSPS) is 10.3. The summed E-state index contributed by atoms with van der Waals surface area (Å²) in [5.74, 6) is -1.21. The van der Waals surface area contributed by atoms with Crippen molar-refractivity contribution in [3.8, 4) is 0 Å². The summed E-state index contributed by atoms with van der Waals surface area (Å²) >= 11 is 1.12. The van der Waals surface area contributed by atoms with Crippen LogP contribution in [0, 0.1) is 0 Å². The van der Waals surface area contributed by atoms with Crippen LogP contribution in [0.1, 0.15) is 10.5 Å². The van der Waals surface area contributed by atoms with Crippen LogP contribution in [-0.4, -0.2) is 17.2 Å². The summed E-state index contributed by atoms with van der Waals surface area (Å²) in [6.45, 7) is 0. The van der Waals surface area contributed by atoms with Crippen molar-refractivity contribution >= 4 is 17.1 Å². The van der Waals surface area contributed by atoms with Gasteiger partial charge in [0.25, 0.3) is 0 Å². The fourth-order valence-corrected chi connectivity index (χ4v) is 0.987. The molecule has 0 N–H and O–H groups in total. The van der Waals surface area contributed by atoms with Crippen molar-refractivity contribution in [2.45, 2.75) is 6.43 Å². The Balaban J connectivity index is 2.78. The molecule has 0 amide bonds. The third kappa shape index (κ3) is 1.36. The van der Waals surface area contributed by atoms with Crippen LogP contribution in [0.3, 0.4) is 0 Å². The summed E-state index contributed by atoms with van der Waals surface area (Å²) in [7, 11) is 0. The SMILES string of the molecule is O=C(c1cscn1)C(F)F. The van der Waals surface area contributed by atoms with Crippen LogP contribution in [0.2, 0.25) is 0 Å². The molecule has 2 nitrogen and oxygen atoms in total. The Morgan fingerprint density at radius 1 is 1.70 bits per heavy atom. The number of hydrogen-bond donors (Lipinski definition) is 0. The topological polar surface area (TPSA) is 30.0 Å². The minimum absolute atomic E-state index is 0.153. The highest BCUT2D eigenvalue weighted by Crippen LogP contribution is 2.07. The van der Waals surface area contributed by atoms with Gasteiger partial charge >= 0.3 is 6.43 Å². The van der Waals surface area contributed by atoms with E-state index in [0.29, 0.717) is 0 Å². The summed E-state index contributed by atoms with van der Waals surface area (Å²) < 4.78 is 23.2. The van der Waals surface area contributed by atoms with Crippen molar-refractivity contribution in [3.63, 3.8) is 0 Å². The largest absolute Gasteiger partial charge is 0.302 e. The van der Waals surface area contributed by atoms with Crippen LogP contribution in [0.5, 0.6) is 0 Å². The van der Waals surface area contributed by atoms with Crippen LogP contribution in [-0.2, 0) is 0 Å². The molecule has 5 heteroatoms. The van der Waals surface area contributed by atoms with Crippen LogP contribution in [0.25, 0.3) is 0 Å². The molecule has 1 aromatic rings. The zero-order chi connectivity index (χ0) is 7.56. The molecular formula is C5H3F2NOS. The highest BCUT2D eigenvalue weighted by molar-refractivity contribution is 7.07. The molecule has 0 spiro atoms. The maximum absolute atomic E-state index is 11.6. The molecular weight excluding hydrogens is 160 g/mol. The number of carbonyl (C=O) groups excluding carboxylic acids is 1. The molecule has 54 valence electrons. The lowest BCUT2D eigenvalue weighted by Gasteiger charge is -1.90. The molecule has 0 aromatic carbocycles. The molecule has 0 unspecified atom stereocenters. The van der Waals surface area contributed by atoms with Gasteiger partial charge in [0, 0.05) is 5.38 Å². The van der Waals surface area contributed by atoms with Gasteiger partial charge in [-0.25, -0.2) is 13.8 Å². The molecule has 0 saturated carbocycles. The third-order valence-corrected chi connectivity index (χ3v) is 1.47. The van der Waals surface area contributed by atoms with Gasteiger partial charge < -0.3 is 0 Å². The number of hydrogen-bond acceptors (Lipinski definition) is 3. The smallest absolute Gasteiger partial charge is 0.286 e. The first kappa shape index (κ1) is 7.27. The molecule has 1 heterocycles. The third-order valence-electron chi connectivity index (χ3n) is 0.883. The minimum Gasteiger partial charge on any atom is -0.286 e. The first-order chi connectivity index (χ1) is 4.72. The summed E-state index contributed by atoms with van der Waals surface area (Å²) in [6.07, 6.45) is -2.94. The number of rotatable bonds is 2. The zero-order valence-corrected chi connectivity index (χ0v) is 5.57. The van der Waals surface area contributed by atoms with Crippen molar-refractivity contribution in [2.75, 3.05) is 0 Å². The van der Waals surface area contributed by atoms with Gasteiger partial charge in [-0.2, -0.15) is 0 Å². The van der Waals surface area contributed by atoms with Gasteiger partial charge in [0.05, 0.1) is 5.51 Å². The van der Waals surface area contributed by atoms with Crippen LogP contribution < -0.4 is 0 Å². The van der Waals surface area contributed by atoms with Crippen molar-refractivity contribution < 1.29 is 13.6 Å². The van der Waals surface area contributed by atoms with E-state index < -0.39 is 12.2 Å². The number of aromatic nitrogens is 1. The molecule has 0 atom stereocenters. The summed E-state index contributed by atoms with van der Waals surface area (Å²) in [5, 5.41) is 1.30. The van der Waals surface area contributed by atoms with Crippen molar-refractivity contribution in [1.29, 1.82) is 0 Å². The molecule has 0 aliphatic rings. The molecule has 0 radical (unpaired) electrons. The van der Waals surface area contributed by atoms with Gasteiger partial charge in [-0.1, -0.05) is 0 Å². The van der Waals surface area contributed by atoms with Crippen LogP contribution in [0.4, 0.5) is 8.78 Å². The number of halogens is 2. The first-order valence-corrected chi connectivity index (χ1v) is 3.36. The number of carbonyl (C=O) groups is 1. The molecule has 0 aliphatic heterocycles. The maximum Gasteiger partial charge on any atom is 0.302 e. The predicted octanol–water partition coefficient (Wildman–Crippen LogP) is 1.59. The summed E-state index contributed by atoms with van der Waals surface area (Å²) in [4.78, 5) is 13.8. The van der Waals surface area contributed by atoms with E-state index in [4.69, 9.17) is 0 Å². The van der Waals surface area contributed by atoms with Crippen LogP contribution >= 0.6 is 11.3 Å². The predicted molar refractivity (Wildman–Crippen MR) is 32.4 cm³/mol. The lowest BCUT2D eigenvalue weighted by molar-refractivity contribution is 0.0674. The van der Waals surface area contributed by atoms with Crippen molar-refractivity contribution in [2.24, 2.45) is 0 Å². The standard InChI is InChI=1S/C5H3F2NOS/c6-5(7)4(9)3-1-10-2-8-3/h1-2,5H. The van der Waals surface area contributed by atoms with Gasteiger partial charge in [0.15, 0.2) is 0 Å². The number of ketones is 1. The Morgan fingerprint density at radius 2 is 2.40 bits per heavy atom. The van der Waals surface area contributed by atoms with E-state index in [1.165, 1.54) is 10.9 Å². The van der Waals surface area contributed by atoms with Crippen molar-refractivity contribution in [1.82, 2.24) is 4.98 Å². The molecule has 1 rings (SSSR count). The van der Waals surface area contributed by atoms with E-state index in [1.54, 1.807) is 0 Å². The number of nitrogens with zero attached hydrogens (tertiary/aromatic N) is 1. The lowest BCUT2D eigenvalue weighted by Crippen LogP contribution is -2.09. The summed E-state index contributed by atoms with van der Waals surface area (Å²) in [5.41, 5.74) is 1.19. The first-order valence-electron chi connectivity index (χ1n) is 2.42. The van der Waals surface area contributed by atoms with Gasteiger partial charge in [-0.05, 0) is 0 Å². The molecule has 10 heavy (non-hydrogen) atoms. The van der Waals surface area contributed by atoms with Gasteiger partial charge in [0.1, 0.15) is 5.69 Å². The maximum atomic E-state index is 11.6. The van der Waals surface area contributed by atoms with E-state index in [2.05, 4.69) is 4.98 Å². The van der Waals surface area contributed by atoms with E-state index in [9.17, 15) is 13.6 Å². The van der Waals surface area contributed by atoms with E-state index in [0.717, 1.165) is 11.3 Å². The molecule has 0 saturated heterocycles. The van der Waals surface area contributed by atoms with Gasteiger partial charge in [-0.15, -0.1) is 11.3 Å². The number of thiazole rings is 1. The van der Waals surface area contributed by atoms with Crippen LogP contribution in [0.15, 0.2) is 10.9 Å². The monoisotopic (exact) mass is 163 g/mol. The fourth-order valence-electron chi connectivity index (χ4n) is 0.446. The number of Topliss-reactive ketones (excluding diaryl/α,β-unsaturated/α-hetero) is 1. The van der Waals surface area contributed by atoms with E-state index >= 15 is 0 Å². The van der Waals surface area contributed by atoms with E-state index in [1.807, 2.05) is 0 Å². The Labute approximate surface area is 59.5 Å². The average Bonchev–Trinajstić information content (AvgIpc) is 2.36. The second-order valence-corrected chi connectivity index (χ2v) is 2.26. The molecule has 0 fully saturated rings. The molecule has 0 aliphatic carbocycles. The Morgan fingerprint density at radius 3 is 2.80 bits per heavy atom. The highest BCUT2D eigenvalue weighted by Gasteiger charge is 2.18. The zero-order valence-electron chi connectivity index (χ0n) is 4.75. The summed E-state index contributed by atoms with van der Waals surface area (Å²) in [6, 6.07) is 0. The quantitative estimate of drug-likeness (QED) is 0.619. The van der Waals surface area contributed by atoms with Gasteiger partial charge in [0.2, 0.25) is 5.78 Å². The molecule has 1 aromatic heterocycles. The average molecular weight is 163 g/mol. The Bertz CT molecular complexity index is 222. The second-order valence-electron chi connectivity index (χ2n) is 1.54. The Hall–Kier alpha value is -0.840. The minimum atomic E-state index is -2.94.